The van der Waals surface area contributed by atoms with Gasteiger partial charge >= 0.3 is 0 Å². The molecule has 1 aromatic heterocycles. The van der Waals surface area contributed by atoms with Crippen LogP contribution in [0.25, 0.3) is 0 Å². The number of aromatic nitrogens is 1. The molecule has 2 atom stereocenters. The standard InChI is InChI=1S/C14H14ClFN2O/c1-9(17)14(11-6-2-3-8-18-11)19-12-7-4-5-10(15)13(12)16/h2-9,14H,17H2,1H3. The molecule has 0 aliphatic heterocycles. The summed E-state index contributed by atoms with van der Waals surface area (Å²) in [5.41, 5.74) is 6.53. The summed E-state index contributed by atoms with van der Waals surface area (Å²) in [5, 5.41) is 0.0157. The van der Waals surface area contributed by atoms with Crippen LogP contribution in [0.3, 0.4) is 0 Å². The van der Waals surface area contributed by atoms with Gasteiger partial charge in [-0.2, -0.15) is 0 Å². The Balaban J connectivity index is 2.30. The fourth-order valence-corrected chi connectivity index (χ4v) is 1.86. The number of halogens is 2. The first-order chi connectivity index (χ1) is 9.09. The van der Waals surface area contributed by atoms with Crippen LogP contribution in [0.15, 0.2) is 42.6 Å². The SMILES string of the molecule is CC(N)C(Oc1cccc(Cl)c1F)c1ccccn1. The number of hydrogen-bond acceptors (Lipinski definition) is 3. The lowest BCUT2D eigenvalue weighted by atomic mass is 10.1. The summed E-state index contributed by atoms with van der Waals surface area (Å²) in [6.45, 7) is 1.78. The van der Waals surface area contributed by atoms with Crippen molar-refractivity contribution in [1.29, 1.82) is 0 Å². The smallest absolute Gasteiger partial charge is 0.183 e. The maximum absolute atomic E-state index is 13.8. The maximum Gasteiger partial charge on any atom is 0.183 e. The van der Waals surface area contributed by atoms with E-state index in [9.17, 15) is 4.39 Å². The summed E-state index contributed by atoms with van der Waals surface area (Å²) in [7, 11) is 0. The van der Waals surface area contributed by atoms with Gasteiger partial charge < -0.3 is 10.5 Å². The highest BCUT2D eigenvalue weighted by atomic mass is 35.5. The predicted molar refractivity (Wildman–Crippen MR) is 72.7 cm³/mol. The molecule has 19 heavy (non-hydrogen) atoms. The second-order valence-corrected chi connectivity index (χ2v) is 4.61. The van der Waals surface area contributed by atoms with E-state index in [-0.39, 0.29) is 16.8 Å². The highest BCUT2D eigenvalue weighted by Crippen LogP contribution is 2.29. The highest BCUT2D eigenvalue weighted by molar-refractivity contribution is 6.30. The van der Waals surface area contributed by atoms with Crippen molar-refractivity contribution in [2.24, 2.45) is 5.73 Å². The summed E-state index contributed by atoms with van der Waals surface area (Å²) < 4.78 is 19.4. The average molecular weight is 281 g/mol. The summed E-state index contributed by atoms with van der Waals surface area (Å²) in [6, 6.07) is 9.67. The molecular weight excluding hydrogens is 267 g/mol. The molecule has 0 aliphatic rings. The van der Waals surface area contributed by atoms with Crippen molar-refractivity contribution >= 4 is 11.6 Å². The first-order valence-corrected chi connectivity index (χ1v) is 6.24. The van der Waals surface area contributed by atoms with E-state index in [1.165, 1.54) is 12.1 Å². The van der Waals surface area contributed by atoms with Crippen LogP contribution in [-0.4, -0.2) is 11.0 Å². The Morgan fingerprint density at radius 1 is 1.26 bits per heavy atom. The van der Waals surface area contributed by atoms with Crippen LogP contribution in [0.4, 0.5) is 4.39 Å². The molecule has 2 unspecified atom stereocenters. The molecule has 0 saturated heterocycles. The van der Waals surface area contributed by atoms with Crippen molar-refractivity contribution in [3.05, 3.63) is 59.1 Å². The molecule has 2 rings (SSSR count). The van der Waals surface area contributed by atoms with Gasteiger partial charge in [0.25, 0.3) is 0 Å². The van der Waals surface area contributed by atoms with E-state index in [0.29, 0.717) is 5.69 Å². The molecule has 1 heterocycles. The lowest BCUT2D eigenvalue weighted by Crippen LogP contribution is -2.29. The van der Waals surface area contributed by atoms with Crippen molar-refractivity contribution in [1.82, 2.24) is 4.98 Å². The van der Waals surface area contributed by atoms with Crippen molar-refractivity contribution in [3.63, 3.8) is 0 Å². The third-order valence-electron chi connectivity index (χ3n) is 2.63. The van der Waals surface area contributed by atoms with Crippen LogP contribution in [0, 0.1) is 5.82 Å². The molecule has 0 radical (unpaired) electrons. The molecule has 1 aromatic carbocycles. The van der Waals surface area contributed by atoms with Gasteiger partial charge in [0.05, 0.1) is 10.7 Å². The predicted octanol–water partition coefficient (Wildman–Crippen LogP) is 3.34. The molecule has 0 saturated carbocycles. The fraction of sp³-hybridized carbons (Fsp3) is 0.214. The van der Waals surface area contributed by atoms with Gasteiger partial charge in [-0.3, -0.25) is 4.98 Å². The summed E-state index contributed by atoms with van der Waals surface area (Å²) in [5.74, 6) is -0.522. The zero-order valence-corrected chi connectivity index (χ0v) is 11.1. The van der Waals surface area contributed by atoms with Gasteiger partial charge in [0.2, 0.25) is 0 Å². The Morgan fingerprint density at radius 2 is 2.05 bits per heavy atom. The van der Waals surface area contributed by atoms with Gasteiger partial charge in [-0.15, -0.1) is 0 Å². The average Bonchev–Trinajstić information content (AvgIpc) is 2.41. The summed E-state index contributed by atoms with van der Waals surface area (Å²) in [4.78, 5) is 4.19. The number of pyridine rings is 1. The van der Waals surface area contributed by atoms with Gasteiger partial charge in [-0.1, -0.05) is 23.7 Å². The summed E-state index contributed by atoms with van der Waals surface area (Å²) >= 11 is 5.72. The molecule has 0 bridgehead atoms. The van der Waals surface area contributed by atoms with E-state index in [1.807, 2.05) is 6.07 Å². The second kappa shape index (κ2) is 5.99. The normalized spacial score (nSPS) is 13.9. The molecule has 5 heteroatoms. The van der Waals surface area contributed by atoms with E-state index in [0.717, 1.165) is 0 Å². The topological polar surface area (TPSA) is 48.1 Å². The van der Waals surface area contributed by atoms with E-state index < -0.39 is 11.9 Å². The minimum absolute atomic E-state index is 0.0157. The van der Waals surface area contributed by atoms with Gasteiger partial charge in [0.1, 0.15) is 0 Å². The molecule has 0 fully saturated rings. The monoisotopic (exact) mass is 280 g/mol. The highest BCUT2D eigenvalue weighted by Gasteiger charge is 2.21. The lowest BCUT2D eigenvalue weighted by molar-refractivity contribution is 0.168. The zero-order valence-electron chi connectivity index (χ0n) is 10.4. The van der Waals surface area contributed by atoms with Gasteiger partial charge in [0, 0.05) is 12.2 Å². The minimum Gasteiger partial charge on any atom is -0.479 e. The Bertz CT molecular complexity index is 548. The van der Waals surface area contributed by atoms with E-state index in [4.69, 9.17) is 22.1 Å². The third kappa shape index (κ3) is 3.22. The van der Waals surface area contributed by atoms with Crippen molar-refractivity contribution < 1.29 is 9.13 Å². The molecular formula is C14H14ClFN2O. The molecule has 3 nitrogen and oxygen atoms in total. The zero-order chi connectivity index (χ0) is 13.8. The first-order valence-electron chi connectivity index (χ1n) is 5.86. The van der Waals surface area contributed by atoms with Gasteiger partial charge in [0.15, 0.2) is 17.7 Å². The molecule has 0 spiro atoms. The van der Waals surface area contributed by atoms with Crippen molar-refractivity contribution in [2.75, 3.05) is 0 Å². The number of nitrogens with two attached hydrogens (primary N) is 1. The van der Waals surface area contributed by atoms with Crippen LogP contribution in [0.5, 0.6) is 5.75 Å². The Morgan fingerprint density at radius 3 is 2.68 bits per heavy atom. The molecule has 0 aliphatic carbocycles. The third-order valence-corrected chi connectivity index (χ3v) is 2.92. The Hall–Kier alpha value is -1.65. The number of hydrogen-bond donors (Lipinski definition) is 1. The van der Waals surface area contributed by atoms with E-state index in [2.05, 4.69) is 4.98 Å². The molecule has 2 N–H and O–H groups in total. The van der Waals surface area contributed by atoms with Crippen molar-refractivity contribution in [3.8, 4) is 5.75 Å². The number of benzene rings is 1. The molecule has 100 valence electrons. The number of rotatable bonds is 4. The first kappa shape index (κ1) is 13.8. The Labute approximate surface area is 116 Å². The van der Waals surface area contributed by atoms with Crippen LogP contribution >= 0.6 is 11.6 Å². The van der Waals surface area contributed by atoms with E-state index in [1.54, 1.807) is 31.3 Å². The van der Waals surface area contributed by atoms with Gasteiger partial charge in [-0.25, -0.2) is 4.39 Å². The maximum atomic E-state index is 13.8. The number of ether oxygens (including phenoxy) is 1. The van der Waals surface area contributed by atoms with Crippen LogP contribution in [0.1, 0.15) is 18.7 Å². The fourth-order valence-electron chi connectivity index (χ4n) is 1.69. The second-order valence-electron chi connectivity index (χ2n) is 4.20. The lowest BCUT2D eigenvalue weighted by Gasteiger charge is -2.22. The van der Waals surface area contributed by atoms with Gasteiger partial charge in [-0.05, 0) is 31.2 Å². The van der Waals surface area contributed by atoms with Crippen LogP contribution in [0.2, 0.25) is 5.02 Å². The molecule has 0 amide bonds. The van der Waals surface area contributed by atoms with Crippen LogP contribution in [-0.2, 0) is 0 Å². The number of nitrogens with zero attached hydrogens (tertiary/aromatic N) is 1. The summed E-state index contributed by atoms with van der Waals surface area (Å²) in [6.07, 6.45) is 1.11. The molecule has 2 aromatic rings. The van der Waals surface area contributed by atoms with Crippen molar-refractivity contribution in [2.45, 2.75) is 19.1 Å². The van der Waals surface area contributed by atoms with E-state index >= 15 is 0 Å². The van der Waals surface area contributed by atoms with Crippen LogP contribution < -0.4 is 10.5 Å². The Kier molecular flexibility index (Phi) is 4.35. The largest absolute Gasteiger partial charge is 0.479 e. The minimum atomic E-state index is -0.592. The quantitative estimate of drug-likeness (QED) is 0.934.